The second-order valence-corrected chi connectivity index (χ2v) is 7.44. The molecule has 2 heteroatoms. The number of fused-ring (bicyclic) bond motifs is 1. The van der Waals surface area contributed by atoms with Crippen LogP contribution in [0.1, 0.15) is 54.1 Å². The van der Waals surface area contributed by atoms with E-state index in [-0.39, 0.29) is 0 Å². The van der Waals surface area contributed by atoms with Crippen LogP contribution < -0.4 is 0 Å². The Morgan fingerprint density at radius 2 is 1.75 bits per heavy atom. The van der Waals surface area contributed by atoms with Crippen LogP contribution in [0.4, 0.5) is 0 Å². The highest BCUT2D eigenvalue weighted by molar-refractivity contribution is 14.1. The average Bonchev–Trinajstić information content (AvgIpc) is 2.93. The summed E-state index contributed by atoms with van der Waals surface area (Å²) in [6.45, 7) is 2.22. The van der Waals surface area contributed by atoms with Gasteiger partial charge in [0, 0.05) is 3.92 Å². The summed E-state index contributed by atoms with van der Waals surface area (Å²) in [5.41, 5.74) is 1.91. The number of rotatable bonds is 3. The fraction of sp³-hybridized carbons (Fsp3) is 0.444. The van der Waals surface area contributed by atoms with Gasteiger partial charge in [-0.1, -0.05) is 72.7 Å². The summed E-state index contributed by atoms with van der Waals surface area (Å²) in [5.74, 6) is 0. The maximum absolute atomic E-state index is 10.7. The van der Waals surface area contributed by atoms with Crippen molar-refractivity contribution in [3.8, 4) is 0 Å². The first-order valence-electron chi connectivity index (χ1n) is 7.53. The first kappa shape index (κ1) is 14.3. The summed E-state index contributed by atoms with van der Waals surface area (Å²) < 4.78 is 0.579. The maximum atomic E-state index is 10.7. The number of hydrogen-bond donors (Lipinski definition) is 1. The van der Waals surface area contributed by atoms with Crippen molar-refractivity contribution in [3.05, 3.63) is 47.5 Å². The highest BCUT2D eigenvalue weighted by atomic mass is 127. The lowest BCUT2D eigenvalue weighted by atomic mass is 9.90. The van der Waals surface area contributed by atoms with Crippen molar-refractivity contribution in [2.75, 3.05) is 0 Å². The van der Waals surface area contributed by atoms with Crippen molar-refractivity contribution in [2.24, 2.45) is 0 Å². The first-order chi connectivity index (χ1) is 9.62. The predicted molar refractivity (Wildman–Crippen MR) is 93.4 cm³/mol. The molecule has 0 heterocycles. The van der Waals surface area contributed by atoms with E-state index < -0.39 is 5.60 Å². The van der Waals surface area contributed by atoms with Crippen molar-refractivity contribution in [1.29, 1.82) is 0 Å². The van der Waals surface area contributed by atoms with Crippen LogP contribution in [0, 0.1) is 0 Å². The molecule has 1 aliphatic carbocycles. The third-order valence-electron chi connectivity index (χ3n) is 4.55. The standard InChI is InChI=1S/C18H21IO/c1-2-17(19)15-6-5-14-12-16(8-7-13(14)11-15)18(20)9-3-4-10-18/h5-8,11-12,17,20H,2-4,9-10H2,1H3. The third-order valence-corrected chi connectivity index (χ3v) is 6.15. The van der Waals surface area contributed by atoms with Crippen molar-refractivity contribution in [3.63, 3.8) is 0 Å². The van der Waals surface area contributed by atoms with E-state index in [1.807, 2.05) is 0 Å². The number of aliphatic hydroxyl groups is 1. The zero-order chi connectivity index (χ0) is 14.2. The van der Waals surface area contributed by atoms with Gasteiger partial charge in [0.1, 0.15) is 0 Å². The fourth-order valence-electron chi connectivity index (χ4n) is 3.23. The molecule has 20 heavy (non-hydrogen) atoms. The summed E-state index contributed by atoms with van der Waals surface area (Å²) >= 11 is 2.50. The Balaban J connectivity index is 2.00. The van der Waals surface area contributed by atoms with Gasteiger partial charge in [0.25, 0.3) is 0 Å². The molecule has 0 radical (unpaired) electrons. The smallest absolute Gasteiger partial charge is 0.0896 e. The molecule has 1 nitrogen and oxygen atoms in total. The Bertz CT molecular complexity index is 614. The third kappa shape index (κ3) is 2.60. The monoisotopic (exact) mass is 380 g/mol. The molecule has 1 N–H and O–H groups in total. The van der Waals surface area contributed by atoms with E-state index in [2.05, 4.69) is 65.9 Å². The van der Waals surface area contributed by atoms with E-state index >= 15 is 0 Å². The van der Waals surface area contributed by atoms with E-state index in [9.17, 15) is 5.11 Å². The number of alkyl halides is 1. The first-order valence-corrected chi connectivity index (χ1v) is 8.77. The Labute approximate surface area is 134 Å². The van der Waals surface area contributed by atoms with Crippen molar-refractivity contribution >= 4 is 33.4 Å². The summed E-state index contributed by atoms with van der Waals surface area (Å²) in [5, 5.41) is 13.2. The summed E-state index contributed by atoms with van der Waals surface area (Å²) in [6.07, 6.45) is 5.25. The molecule has 1 fully saturated rings. The SMILES string of the molecule is CCC(I)c1ccc2cc(C3(O)CCCC3)ccc2c1. The molecule has 0 aromatic heterocycles. The molecule has 3 rings (SSSR count). The molecule has 0 saturated heterocycles. The lowest BCUT2D eigenvalue weighted by molar-refractivity contribution is 0.0446. The maximum Gasteiger partial charge on any atom is 0.0896 e. The highest BCUT2D eigenvalue weighted by Crippen LogP contribution is 2.39. The Hall–Kier alpha value is -0.610. The molecule has 0 amide bonds. The molecule has 1 atom stereocenters. The second kappa shape index (κ2) is 5.64. The van der Waals surface area contributed by atoms with Gasteiger partial charge < -0.3 is 5.11 Å². The molecule has 1 unspecified atom stereocenters. The zero-order valence-electron chi connectivity index (χ0n) is 11.9. The molecular weight excluding hydrogens is 359 g/mol. The van der Waals surface area contributed by atoms with Gasteiger partial charge in [-0.25, -0.2) is 0 Å². The molecule has 2 aromatic carbocycles. The number of benzene rings is 2. The molecule has 1 saturated carbocycles. The predicted octanol–water partition coefficient (Wildman–Crippen LogP) is 5.49. The minimum Gasteiger partial charge on any atom is -0.385 e. The van der Waals surface area contributed by atoms with Crippen molar-refractivity contribution in [2.45, 2.75) is 48.6 Å². The van der Waals surface area contributed by atoms with E-state index in [1.165, 1.54) is 16.3 Å². The van der Waals surface area contributed by atoms with Crippen LogP contribution >= 0.6 is 22.6 Å². The summed E-state index contributed by atoms with van der Waals surface area (Å²) in [6, 6.07) is 13.2. The molecule has 106 valence electrons. The van der Waals surface area contributed by atoms with Gasteiger partial charge in [0.15, 0.2) is 0 Å². The summed E-state index contributed by atoms with van der Waals surface area (Å²) in [7, 11) is 0. The molecule has 0 spiro atoms. The van der Waals surface area contributed by atoms with Crippen LogP contribution in [0.2, 0.25) is 0 Å². The number of hydrogen-bond acceptors (Lipinski definition) is 1. The van der Waals surface area contributed by atoms with Gasteiger partial charge in [-0.3, -0.25) is 0 Å². The molecule has 0 aliphatic heterocycles. The number of halogens is 1. The minimum atomic E-state index is -0.581. The fourth-order valence-corrected chi connectivity index (χ4v) is 3.62. The van der Waals surface area contributed by atoms with Crippen LogP contribution in [0.5, 0.6) is 0 Å². The van der Waals surface area contributed by atoms with Gasteiger partial charge in [-0.05, 0) is 47.2 Å². The van der Waals surface area contributed by atoms with E-state index in [0.29, 0.717) is 3.92 Å². The van der Waals surface area contributed by atoms with E-state index in [4.69, 9.17) is 0 Å². The minimum absolute atomic E-state index is 0.579. The zero-order valence-corrected chi connectivity index (χ0v) is 14.1. The van der Waals surface area contributed by atoms with E-state index in [0.717, 1.165) is 37.7 Å². The van der Waals surface area contributed by atoms with E-state index in [1.54, 1.807) is 0 Å². The quantitative estimate of drug-likeness (QED) is 0.552. The van der Waals surface area contributed by atoms with Gasteiger partial charge in [-0.15, -0.1) is 0 Å². The van der Waals surface area contributed by atoms with Crippen LogP contribution in [0.15, 0.2) is 36.4 Å². The molecule has 0 bridgehead atoms. The Morgan fingerprint density at radius 1 is 1.10 bits per heavy atom. The Morgan fingerprint density at radius 3 is 2.45 bits per heavy atom. The van der Waals surface area contributed by atoms with Crippen molar-refractivity contribution < 1.29 is 5.11 Å². The van der Waals surface area contributed by atoms with Gasteiger partial charge in [0.2, 0.25) is 0 Å². The normalized spacial score (nSPS) is 19.4. The second-order valence-electron chi connectivity index (χ2n) is 5.94. The largest absolute Gasteiger partial charge is 0.385 e. The van der Waals surface area contributed by atoms with Crippen LogP contribution in [-0.4, -0.2) is 5.11 Å². The molecular formula is C18H21IO. The van der Waals surface area contributed by atoms with Crippen LogP contribution in [0.3, 0.4) is 0 Å². The van der Waals surface area contributed by atoms with Gasteiger partial charge in [0.05, 0.1) is 5.60 Å². The lowest BCUT2D eigenvalue weighted by Gasteiger charge is -2.23. The Kier molecular flexibility index (Phi) is 4.04. The summed E-state index contributed by atoms with van der Waals surface area (Å²) in [4.78, 5) is 0. The topological polar surface area (TPSA) is 20.2 Å². The molecule has 2 aromatic rings. The van der Waals surface area contributed by atoms with Gasteiger partial charge >= 0.3 is 0 Å². The average molecular weight is 380 g/mol. The lowest BCUT2D eigenvalue weighted by Crippen LogP contribution is -2.20. The highest BCUT2D eigenvalue weighted by Gasteiger charge is 2.32. The van der Waals surface area contributed by atoms with Crippen LogP contribution in [0.25, 0.3) is 10.8 Å². The molecule has 1 aliphatic rings. The van der Waals surface area contributed by atoms with Crippen LogP contribution in [-0.2, 0) is 5.60 Å². The van der Waals surface area contributed by atoms with Gasteiger partial charge in [-0.2, -0.15) is 0 Å². The van der Waals surface area contributed by atoms with Crippen molar-refractivity contribution in [1.82, 2.24) is 0 Å².